The number of nitrogens with zero attached hydrogens (tertiary/aromatic N) is 4. The fraction of sp³-hybridized carbons (Fsp3) is 0. The maximum absolute atomic E-state index is 5.80. The first-order chi connectivity index (χ1) is 8.33. The van der Waals surface area contributed by atoms with E-state index in [1.165, 1.54) is 0 Å². The van der Waals surface area contributed by atoms with Crippen LogP contribution in [-0.2, 0) is 0 Å². The summed E-state index contributed by atoms with van der Waals surface area (Å²) in [7, 11) is 0. The Balaban J connectivity index is 2.07. The van der Waals surface area contributed by atoms with E-state index in [4.69, 9.17) is 11.6 Å². The van der Waals surface area contributed by atoms with Crippen molar-refractivity contribution in [1.29, 1.82) is 0 Å². The third-order valence-corrected chi connectivity index (χ3v) is 3.10. The molecule has 3 aromatic rings. The maximum Gasteiger partial charge on any atom is 0.226 e. The van der Waals surface area contributed by atoms with Crippen molar-refractivity contribution in [1.82, 2.24) is 20.2 Å². The van der Waals surface area contributed by atoms with E-state index in [1.54, 1.807) is 23.7 Å². The molecule has 0 fully saturated rings. The Morgan fingerprint density at radius 1 is 1.41 bits per heavy atom. The molecule has 0 radical (unpaired) electrons. The summed E-state index contributed by atoms with van der Waals surface area (Å²) < 4.78 is 0. The van der Waals surface area contributed by atoms with E-state index in [9.17, 15) is 0 Å². The van der Waals surface area contributed by atoms with E-state index < -0.39 is 0 Å². The lowest BCUT2D eigenvalue weighted by molar-refractivity contribution is 1.09. The molecule has 3 heterocycles. The van der Waals surface area contributed by atoms with Crippen LogP contribution in [0.5, 0.6) is 0 Å². The van der Waals surface area contributed by atoms with Crippen LogP contribution in [-0.4, -0.2) is 26.4 Å². The number of aliphatic imine (C=N–C) groups is 1. The summed E-state index contributed by atoms with van der Waals surface area (Å²) in [5.41, 5.74) is 0.586. The molecule has 0 saturated heterocycles. The number of hydrogen-bond donors (Lipinski definition) is 1. The number of fused-ring (bicyclic) bond motifs is 1. The molecule has 1 N–H and O–H groups in total. The fourth-order valence-electron chi connectivity index (χ4n) is 1.38. The lowest BCUT2D eigenvalue weighted by Crippen LogP contribution is -1.85. The number of rotatable bonds is 2. The van der Waals surface area contributed by atoms with Gasteiger partial charge in [-0.15, -0.1) is 11.3 Å². The molecule has 17 heavy (non-hydrogen) atoms. The highest BCUT2D eigenvalue weighted by atomic mass is 35.5. The van der Waals surface area contributed by atoms with Crippen molar-refractivity contribution in [2.75, 3.05) is 0 Å². The monoisotopic (exact) mass is 263 g/mol. The number of aromatic nitrogens is 4. The Hall–Kier alpha value is -1.79. The van der Waals surface area contributed by atoms with Crippen molar-refractivity contribution in [2.24, 2.45) is 4.99 Å². The Bertz CT molecular complexity index is 673. The highest BCUT2D eigenvalue weighted by Gasteiger charge is 2.06. The van der Waals surface area contributed by atoms with Gasteiger partial charge in [-0.25, -0.2) is 4.99 Å². The standard InChI is InChI=1S/C10H6ClN5S/c11-10-14-8(7-5-13-16-9(7)15-10)12-4-6-2-1-3-17-6/h1-5H,(H,13,14,15,16). The molecule has 7 heteroatoms. The number of aromatic amines is 1. The molecule has 0 aromatic carbocycles. The second-order valence-electron chi connectivity index (χ2n) is 3.22. The van der Waals surface area contributed by atoms with Crippen LogP contribution in [0, 0.1) is 0 Å². The quantitative estimate of drug-likeness (QED) is 0.571. The maximum atomic E-state index is 5.80. The second-order valence-corrected chi connectivity index (χ2v) is 4.54. The molecule has 0 atom stereocenters. The summed E-state index contributed by atoms with van der Waals surface area (Å²) in [6, 6.07) is 3.94. The van der Waals surface area contributed by atoms with Crippen LogP contribution in [0.2, 0.25) is 5.28 Å². The summed E-state index contributed by atoms with van der Waals surface area (Å²) in [4.78, 5) is 13.4. The molecule has 0 amide bonds. The fourth-order valence-corrected chi connectivity index (χ4v) is 2.13. The van der Waals surface area contributed by atoms with Crippen molar-refractivity contribution >= 4 is 46.0 Å². The molecule has 0 saturated carbocycles. The van der Waals surface area contributed by atoms with E-state index in [2.05, 4.69) is 25.2 Å². The van der Waals surface area contributed by atoms with Gasteiger partial charge in [0.2, 0.25) is 5.28 Å². The third kappa shape index (κ3) is 2.04. The van der Waals surface area contributed by atoms with E-state index in [-0.39, 0.29) is 5.28 Å². The molecular formula is C10H6ClN5S. The van der Waals surface area contributed by atoms with Gasteiger partial charge < -0.3 is 0 Å². The van der Waals surface area contributed by atoms with Crippen LogP contribution in [0.15, 0.2) is 28.7 Å². The lowest BCUT2D eigenvalue weighted by atomic mass is 10.4. The van der Waals surface area contributed by atoms with E-state index in [0.29, 0.717) is 11.5 Å². The molecule has 3 aromatic heterocycles. The summed E-state index contributed by atoms with van der Waals surface area (Å²) in [6.45, 7) is 0. The predicted octanol–water partition coefficient (Wildman–Crippen LogP) is 2.82. The molecule has 0 spiro atoms. The van der Waals surface area contributed by atoms with Crippen LogP contribution in [0.4, 0.5) is 5.82 Å². The van der Waals surface area contributed by atoms with Crippen molar-refractivity contribution in [3.63, 3.8) is 0 Å². The molecule has 0 aliphatic heterocycles. The largest absolute Gasteiger partial charge is 0.261 e. The highest BCUT2D eigenvalue weighted by molar-refractivity contribution is 7.11. The smallest absolute Gasteiger partial charge is 0.226 e. The van der Waals surface area contributed by atoms with Gasteiger partial charge in [-0.2, -0.15) is 15.1 Å². The van der Waals surface area contributed by atoms with Crippen LogP contribution in [0.25, 0.3) is 11.0 Å². The lowest BCUT2D eigenvalue weighted by Gasteiger charge is -1.95. The minimum atomic E-state index is 0.153. The van der Waals surface area contributed by atoms with Crippen LogP contribution in [0.3, 0.4) is 0 Å². The van der Waals surface area contributed by atoms with Crippen molar-refractivity contribution in [3.05, 3.63) is 33.9 Å². The SMILES string of the molecule is Clc1nc(N=Cc2cccs2)c2cn[nH]c2n1. The first-order valence-electron chi connectivity index (χ1n) is 4.77. The van der Waals surface area contributed by atoms with Gasteiger partial charge >= 0.3 is 0 Å². The molecular weight excluding hydrogens is 258 g/mol. The summed E-state index contributed by atoms with van der Waals surface area (Å²) in [5.74, 6) is 0.516. The minimum Gasteiger partial charge on any atom is -0.261 e. The highest BCUT2D eigenvalue weighted by Crippen LogP contribution is 2.22. The first kappa shape index (κ1) is 10.4. The molecule has 0 aliphatic rings. The van der Waals surface area contributed by atoms with E-state index in [1.807, 2.05) is 17.5 Å². The number of H-pyrrole nitrogens is 1. The number of nitrogens with one attached hydrogen (secondary N) is 1. The molecule has 3 rings (SSSR count). The summed E-state index contributed by atoms with van der Waals surface area (Å²) in [5, 5.41) is 9.52. The number of hydrogen-bond acceptors (Lipinski definition) is 5. The van der Waals surface area contributed by atoms with Crippen LogP contribution >= 0.6 is 22.9 Å². The molecule has 0 bridgehead atoms. The molecule has 84 valence electrons. The number of thiophene rings is 1. The average Bonchev–Trinajstić information content (AvgIpc) is 2.95. The Kier molecular flexibility index (Phi) is 2.58. The zero-order valence-electron chi connectivity index (χ0n) is 8.46. The van der Waals surface area contributed by atoms with Gasteiger partial charge in [0.1, 0.15) is 0 Å². The third-order valence-electron chi connectivity index (χ3n) is 2.12. The zero-order valence-corrected chi connectivity index (χ0v) is 10.0. The zero-order chi connectivity index (χ0) is 11.7. The summed E-state index contributed by atoms with van der Waals surface area (Å²) in [6.07, 6.45) is 3.38. The Labute approximate surface area is 105 Å². The molecule has 0 unspecified atom stereocenters. The minimum absolute atomic E-state index is 0.153. The normalized spacial score (nSPS) is 11.6. The molecule has 0 aliphatic carbocycles. The van der Waals surface area contributed by atoms with Crippen molar-refractivity contribution < 1.29 is 0 Å². The topological polar surface area (TPSA) is 66.8 Å². The number of halogens is 1. The van der Waals surface area contributed by atoms with Crippen molar-refractivity contribution in [3.8, 4) is 0 Å². The van der Waals surface area contributed by atoms with Gasteiger partial charge in [0.25, 0.3) is 0 Å². The second kappa shape index (κ2) is 4.23. The van der Waals surface area contributed by atoms with Gasteiger partial charge in [-0.1, -0.05) is 6.07 Å². The van der Waals surface area contributed by atoms with Crippen molar-refractivity contribution in [2.45, 2.75) is 0 Å². The van der Waals surface area contributed by atoms with Gasteiger partial charge in [-0.3, -0.25) is 5.10 Å². The molecule has 5 nitrogen and oxygen atoms in total. The Morgan fingerprint density at radius 3 is 3.18 bits per heavy atom. The van der Waals surface area contributed by atoms with Gasteiger partial charge in [0.05, 0.1) is 11.6 Å². The van der Waals surface area contributed by atoms with Gasteiger partial charge in [0.15, 0.2) is 11.5 Å². The predicted molar refractivity (Wildman–Crippen MR) is 68.3 cm³/mol. The first-order valence-corrected chi connectivity index (χ1v) is 6.03. The average molecular weight is 264 g/mol. The summed E-state index contributed by atoms with van der Waals surface area (Å²) >= 11 is 7.40. The van der Waals surface area contributed by atoms with Crippen LogP contribution < -0.4 is 0 Å². The van der Waals surface area contributed by atoms with Gasteiger partial charge in [0, 0.05) is 11.1 Å². The van der Waals surface area contributed by atoms with E-state index in [0.717, 1.165) is 10.3 Å². The van der Waals surface area contributed by atoms with Gasteiger partial charge in [-0.05, 0) is 23.0 Å². The Morgan fingerprint density at radius 2 is 2.35 bits per heavy atom. The van der Waals surface area contributed by atoms with E-state index >= 15 is 0 Å². The van der Waals surface area contributed by atoms with Crippen LogP contribution in [0.1, 0.15) is 4.88 Å².